The summed E-state index contributed by atoms with van der Waals surface area (Å²) in [7, 11) is -3.38. The van der Waals surface area contributed by atoms with Crippen molar-refractivity contribution in [1.29, 1.82) is 0 Å². The maximum atomic E-state index is 13.0. The summed E-state index contributed by atoms with van der Waals surface area (Å²) in [5.74, 6) is 0.884. The van der Waals surface area contributed by atoms with Gasteiger partial charge in [-0.2, -0.15) is 4.31 Å². The quantitative estimate of drug-likeness (QED) is 0.809. The molecule has 0 bridgehead atoms. The highest BCUT2D eigenvalue weighted by Gasteiger charge is 2.31. The first-order valence-electron chi connectivity index (χ1n) is 9.76. The highest BCUT2D eigenvalue weighted by Crippen LogP contribution is 2.26. The van der Waals surface area contributed by atoms with Crippen molar-refractivity contribution < 1.29 is 18.1 Å². The van der Waals surface area contributed by atoms with Gasteiger partial charge in [-0.1, -0.05) is 24.3 Å². The van der Waals surface area contributed by atoms with Gasteiger partial charge in [0.05, 0.1) is 31.1 Å². The number of hydrogen-bond donors (Lipinski definition) is 1. The molecule has 0 amide bonds. The van der Waals surface area contributed by atoms with Crippen LogP contribution in [0.1, 0.15) is 17.5 Å². The molecule has 0 unspecified atom stereocenters. The number of rotatable bonds is 6. The normalized spacial score (nSPS) is 18.4. The number of benzene rings is 2. The molecule has 0 atom stereocenters. The molecule has 0 radical (unpaired) electrons. The Kier molecular flexibility index (Phi) is 5.48. The van der Waals surface area contributed by atoms with E-state index in [9.17, 15) is 8.42 Å². The fourth-order valence-corrected chi connectivity index (χ4v) is 5.47. The van der Waals surface area contributed by atoms with Crippen molar-refractivity contribution in [2.45, 2.75) is 24.2 Å². The van der Waals surface area contributed by atoms with Crippen LogP contribution in [0.4, 0.5) is 0 Å². The van der Waals surface area contributed by atoms with Gasteiger partial charge in [0.2, 0.25) is 10.0 Å². The number of hydrogen-bond acceptors (Lipinski definition) is 3. The molecule has 6 heteroatoms. The van der Waals surface area contributed by atoms with Crippen LogP contribution in [0.15, 0.2) is 53.4 Å². The Morgan fingerprint density at radius 3 is 2.48 bits per heavy atom. The molecular weight excluding hydrogens is 360 g/mol. The van der Waals surface area contributed by atoms with E-state index in [4.69, 9.17) is 4.74 Å². The van der Waals surface area contributed by atoms with Crippen LogP contribution in [0.25, 0.3) is 0 Å². The van der Waals surface area contributed by atoms with Crippen molar-refractivity contribution in [2.75, 3.05) is 39.3 Å². The van der Waals surface area contributed by atoms with E-state index in [-0.39, 0.29) is 0 Å². The second-order valence-electron chi connectivity index (χ2n) is 7.35. The summed E-state index contributed by atoms with van der Waals surface area (Å²) in [5.41, 5.74) is 2.51. The molecule has 5 nitrogen and oxygen atoms in total. The molecular formula is C21H27N2O3S+. The van der Waals surface area contributed by atoms with E-state index in [0.29, 0.717) is 24.6 Å². The van der Waals surface area contributed by atoms with Gasteiger partial charge >= 0.3 is 0 Å². The monoisotopic (exact) mass is 387 g/mol. The van der Waals surface area contributed by atoms with Crippen molar-refractivity contribution in [3.05, 3.63) is 59.7 Å². The van der Waals surface area contributed by atoms with E-state index in [2.05, 4.69) is 0 Å². The Bertz CT molecular complexity index is 876. The van der Waals surface area contributed by atoms with Crippen LogP contribution >= 0.6 is 0 Å². The number of sulfonamides is 1. The van der Waals surface area contributed by atoms with Crippen LogP contribution in [-0.4, -0.2) is 52.1 Å². The van der Waals surface area contributed by atoms with Gasteiger partial charge in [0.15, 0.2) is 0 Å². The number of aryl methyl sites for hydroxylation is 2. The SMILES string of the molecule is O=S(=O)(c1ccc2c(c1)CCC2)N1CC[NH+](CCOc2ccccc2)CC1. The summed E-state index contributed by atoms with van der Waals surface area (Å²) < 4.78 is 33.4. The number of nitrogens with zero attached hydrogens (tertiary/aromatic N) is 1. The number of ether oxygens (including phenoxy) is 1. The van der Waals surface area contributed by atoms with E-state index in [1.54, 1.807) is 10.4 Å². The lowest BCUT2D eigenvalue weighted by Gasteiger charge is -2.31. The molecule has 27 heavy (non-hydrogen) atoms. The Morgan fingerprint density at radius 2 is 1.70 bits per heavy atom. The highest BCUT2D eigenvalue weighted by atomic mass is 32.2. The summed E-state index contributed by atoms with van der Waals surface area (Å²) in [6, 6.07) is 15.5. The number of nitrogens with one attached hydrogen (secondary N) is 1. The molecule has 1 fully saturated rings. The third-order valence-electron chi connectivity index (χ3n) is 5.60. The maximum absolute atomic E-state index is 13.0. The maximum Gasteiger partial charge on any atom is 0.243 e. The molecule has 2 aromatic carbocycles. The van der Waals surface area contributed by atoms with Crippen LogP contribution < -0.4 is 9.64 Å². The van der Waals surface area contributed by atoms with Gasteiger partial charge in [0, 0.05) is 0 Å². The number of para-hydroxylation sites is 1. The minimum absolute atomic E-state index is 0.457. The van der Waals surface area contributed by atoms with Gasteiger partial charge in [-0.15, -0.1) is 0 Å². The molecule has 2 aliphatic rings. The minimum atomic E-state index is -3.38. The number of quaternary nitrogens is 1. The third-order valence-corrected chi connectivity index (χ3v) is 7.50. The summed E-state index contributed by atoms with van der Waals surface area (Å²) in [5, 5.41) is 0. The van der Waals surface area contributed by atoms with E-state index in [1.807, 2.05) is 42.5 Å². The average molecular weight is 388 g/mol. The molecule has 2 aromatic rings. The van der Waals surface area contributed by atoms with Crippen LogP contribution in [0.2, 0.25) is 0 Å². The van der Waals surface area contributed by atoms with Gasteiger partial charge in [-0.05, 0) is 54.7 Å². The Morgan fingerprint density at radius 1 is 0.963 bits per heavy atom. The largest absolute Gasteiger partial charge is 0.488 e. The molecule has 1 aliphatic heterocycles. The molecule has 0 aromatic heterocycles. The van der Waals surface area contributed by atoms with Crippen molar-refractivity contribution in [3.63, 3.8) is 0 Å². The zero-order valence-corrected chi connectivity index (χ0v) is 16.4. The lowest BCUT2D eigenvalue weighted by molar-refractivity contribution is -0.903. The van der Waals surface area contributed by atoms with E-state index < -0.39 is 10.0 Å². The zero-order valence-electron chi connectivity index (χ0n) is 15.6. The van der Waals surface area contributed by atoms with Crippen LogP contribution in [0.3, 0.4) is 0 Å². The van der Waals surface area contributed by atoms with Crippen molar-refractivity contribution >= 4 is 10.0 Å². The standard InChI is InChI=1S/C21H26N2O3S/c24-27(25,21-10-9-18-5-4-6-19(18)17-21)23-13-11-22(12-14-23)15-16-26-20-7-2-1-3-8-20/h1-3,7-10,17H,4-6,11-16H2/p+1. The zero-order chi connectivity index (χ0) is 18.7. The molecule has 144 valence electrons. The van der Waals surface area contributed by atoms with Gasteiger partial charge in [0.1, 0.15) is 18.9 Å². The van der Waals surface area contributed by atoms with Crippen molar-refractivity contribution in [2.24, 2.45) is 0 Å². The minimum Gasteiger partial charge on any atom is -0.488 e. The second kappa shape index (κ2) is 8.00. The smallest absolute Gasteiger partial charge is 0.243 e. The fraction of sp³-hybridized carbons (Fsp3) is 0.429. The van der Waals surface area contributed by atoms with E-state index in [1.165, 1.54) is 16.0 Å². The average Bonchev–Trinajstić information content (AvgIpc) is 3.17. The molecule has 4 rings (SSSR count). The lowest BCUT2D eigenvalue weighted by Crippen LogP contribution is -3.15. The second-order valence-corrected chi connectivity index (χ2v) is 9.29. The predicted molar refractivity (Wildman–Crippen MR) is 105 cm³/mol. The van der Waals surface area contributed by atoms with Crippen molar-refractivity contribution in [1.82, 2.24) is 4.31 Å². The van der Waals surface area contributed by atoms with Crippen molar-refractivity contribution in [3.8, 4) is 5.75 Å². The molecule has 0 saturated carbocycles. The van der Waals surface area contributed by atoms with Crippen LogP contribution in [-0.2, 0) is 22.9 Å². The van der Waals surface area contributed by atoms with Gasteiger partial charge in [-0.25, -0.2) is 8.42 Å². The number of fused-ring (bicyclic) bond motifs is 1. The predicted octanol–water partition coefficient (Wildman–Crippen LogP) is 1.14. The van der Waals surface area contributed by atoms with Crippen LogP contribution in [0, 0.1) is 0 Å². The van der Waals surface area contributed by atoms with Crippen LogP contribution in [0.5, 0.6) is 5.75 Å². The summed E-state index contributed by atoms with van der Waals surface area (Å²) in [6.07, 6.45) is 3.20. The molecule has 0 spiro atoms. The lowest BCUT2D eigenvalue weighted by atomic mass is 10.1. The number of piperazine rings is 1. The first kappa shape index (κ1) is 18.5. The van der Waals surface area contributed by atoms with E-state index >= 15 is 0 Å². The third kappa shape index (κ3) is 4.18. The Labute approximate surface area is 161 Å². The fourth-order valence-electron chi connectivity index (χ4n) is 3.98. The molecule has 1 aliphatic carbocycles. The Hall–Kier alpha value is -1.89. The molecule has 1 saturated heterocycles. The Balaban J connectivity index is 1.30. The van der Waals surface area contributed by atoms with E-state index in [0.717, 1.165) is 44.6 Å². The summed E-state index contributed by atoms with van der Waals surface area (Å²) >= 11 is 0. The van der Waals surface area contributed by atoms with Gasteiger partial charge < -0.3 is 9.64 Å². The summed E-state index contributed by atoms with van der Waals surface area (Å²) in [6.45, 7) is 4.32. The first-order chi connectivity index (χ1) is 13.1. The van der Waals surface area contributed by atoms with Gasteiger partial charge in [-0.3, -0.25) is 0 Å². The summed E-state index contributed by atoms with van der Waals surface area (Å²) in [4.78, 5) is 1.85. The first-order valence-corrected chi connectivity index (χ1v) is 11.2. The topological polar surface area (TPSA) is 51.0 Å². The van der Waals surface area contributed by atoms with Gasteiger partial charge in [0.25, 0.3) is 0 Å². The molecule has 1 N–H and O–H groups in total. The molecule has 1 heterocycles. The highest BCUT2D eigenvalue weighted by molar-refractivity contribution is 7.89.